The summed E-state index contributed by atoms with van der Waals surface area (Å²) in [5, 5.41) is 9.87. The smallest absolute Gasteiger partial charge is 0.329 e. The first-order valence-corrected chi connectivity index (χ1v) is 8.79. The second-order valence-electron chi connectivity index (χ2n) is 6.29. The number of carbonyl (C=O) groups excluding carboxylic acids is 3. The number of amides is 1. The molecule has 0 unspecified atom stereocenters. The molecule has 0 aliphatic carbocycles. The van der Waals surface area contributed by atoms with Crippen molar-refractivity contribution in [3.63, 3.8) is 0 Å². The van der Waals surface area contributed by atoms with Crippen LogP contribution in [0, 0.1) is 18.2 Å². The number of hydrogen-bond acceptors (Lipinski definition) is 5. The number of esters is 1. The quantitative estimate of drug-likeness (QED) is 0.421. The minimum Gasteiger partial charge on any atom is -0.507 e. The van der Waals surface area contributed by atoms with Gasteiger partial charge in [-0.25, -0.2) is 9.18 Å². The first kappa shape index (κ1) is 21.6. The number of benzene rings is 2. The third-order valence-electron chi connectivity index (χ3n) is 4.28. The van der Waals surface area contributed by atoms with Gasteiger partial charge in [0.05, 0.1) is 5.56 Å². The molecular weight excluding hydrogens is 377 g/mol. The highest BCUT2D eigenvalue weighted by molar-refractivity contribution is 5.99. The molecule has 0 heterocycles. The molecular formula is C22H20FNO5. The molecule has 0 saturated heterocycles. The molecule has 0 bridgehead atoms. The Kier molecular flexibility index (Phi) is 7.49. The Morgan fingerprint density at radius 2 is 1.90 bits per heavy atom. The van der Waals surface area contributed by atoms with Crippen molar-refractivity contribution in [2.24, 2.45) is 0 Å². The van der Waals surface area contributed by atoms with Crippen LogP contribution in [0.25, 0.3) is 0 Å². The maximum atomic E-state index is 13.5. The van der Waals surface area contributed by atoms with Gasteiger partial charge in [0.25, 0.3) is 5.91 Å². The largest absolute Gasteiger partial charge is 0.507 e. The zero-order chi connectivity index (χ0) is 21.4. The van der Waals surface area contributed by atoms with Crippen LogP contribution >= 0.6 is 0 Å². The van der Waals surface area contributed by atoms with Crippen LogP contribution in [0.5, 0.6) is 5.75 Å². The second-order valence-corrected chi connectivity index (χ2v) is 6.29. The molecule has 29 heavy (non-hydrogen) atoms. The third kappa shape index (κ3) is 5.91. The molecule has 0 aliphatic heterocycles. The Hall–Kier alpha value is -3.66. The van der Waals surface area contributed by atoms with Crippen molar-refractivity contribution in [3.8, 4) is 18.1 Å². The van der Waals surface area contributed by atoms with Crippen LogP contribution in [0.3, 0.4) is 0 Å². The number of hydrogen-bond donors (Lipinski definition) is 1. The molecule has 0 spiro atoms. The van der Waals surface area contributed by atoms with Crippen LogP contribution in [0.1, 0.15) is 28.8 Å². The number of phenols is 1. The van der Waals surface area contributed by atoms with E-state index in [4.69, 9.17) is 11.2 Å². The fourth-order valence-electron chi connectivity index (χ4n) is 2.65. The summed E-state index contributed by atoms with van der Waals surface area (Å²) < 4.78 is 18.8. The maximum absolute atomic E-state index is 13.5. The Balaban J connectivity index is 2.19. The second kappa shape index (κ2) is 10.0. The van der Waals surface area contributed by atoms with E-state index in [1.807, 2.05) is 12.0 Å². The van der Waals surface area contributed by atoms with E-state index in [1.54, 1.807) is 24.3 Å². The molecule has 6 nitrogen and oxygen atoms in total. The summed E-state index contributed by atoms with van der Waals surface area (Å²) in [6.45, 7) is -0.0213. The van der Waals surface area contributed by atoms with Gasteiger partial charge in [-0.2, -0.15) is 0 Å². The monoisotopic (exact) mass is 397 g/mol. The first-order valence-electron chi connectivity index (χ1n) is 8.79. The summed E-state index contributed by atoms with van der Waals surface area (Å²) in [4.78, 5) is 37.9. The number of nitrogens with zero attached hydrogens (tertiary/aromatic N) is 1. The predicted octanol–water partition coefficient (Wildman–Crippen LogP) is 2.70. The summed E-state index contributed by atoms with van der Waals surface area (Å²) in [5.74, 6) is -1.27. The number of phenolic OH excluding ortho intramolecular Hbond substituents is 1. The third-order valence-corrected chi connectivity index (χ3v) is 4.28. The minimum absolute atomic E-state index is 0.0213. The number of halogens is 1. The summed E-state index contributed by atoms with van der Waals surface area (Å²) in [6.07, 6.45) is 4.84. The van der Waals surface area contributed by atoms with Gasteiger partial charge >= 0.3 is 5.97 Å². The highest BCUT2D eigenvalue weighted by Gasteiger charge is 2.30. The van der Waals surface area contributed by atoms with Crippen LogP contribution in [0.2, 0.25) is 0 Å². The molecule has 2 aromatic rings. The standard InChI is InChI=1S/C22H20FNO5/c1-3-17(25)10-11-19(22(28)29-14-15-7-5-4-6-8-15)24(2)21(27)18-13-16(23)9-12-20(18)26/h1,4-9,12-13,19,26H,10-11,14H2,2H3/t19-/m1/s1. The Bertz CT molecular complexity index is 936. The number of aromatic hydroxyl groups is 1. The fraction of sp³-hybridized carbons (Fsp3) is 0.227. The van der Waals surface area contributed by atoms with Crippen molar-refractivity contribution < 1.29 is 28.6 Å². The zero-order valence-corrected chi connectivity index (χ0v) is 15.8. The molecule has 0 aliphatic rings. The van der Waals surface area contributed by atoms with Gasteiger partial charge < -0.3 is 14.7 Å². The number of rotatable bonds is 8. The number of ketones is 1. The van der Waals surface area contributed by atoms with E-state index in [1.165, 1.54) is 7.05 Å². The topological polar surface area (TPSA) is 83.9 Å². The van der Waals surface area contributed by atoms with E-state index in [0.29, 0.717) is 0 Å². The SMILES string of the molecule is C#CC(=O)CC[C@H](C(=O)OCc1ccccc1)N(C)C(=O)c1cc(F)ccc1O. The van der Waals surface area contributed by atoms with Crippen LogP contribution in [0.4, 0.5) is 4.39 Å². The van der Waals surface area contributed by atoms with Crippen molar-refractivity contribution in [1.82, 2.24) is 4.90 Å². The summed E-state index contributed by atoms with van der Waals surface area (Å²) in [5.41, 5.74) is 0.438. The molecule has 2 rings (SSSR count). The van der Waals surface area contributed by atoms with E-state index in [2.05, 4.69) is 0 Å². The van der Waals surface area contributed by atoms with Gasteiger partial charge in [-0.15, -0.1) is 6.42 Å². The van der Waals surface area contributed by atoms with Gasteiger partial charge in [-0.1, -0.05) is 30.3 Å². The summed E-state index contributed by atoms with van der Waals surface area (Å²) in [6, 6.07) is 10.7. The minimum atomic E-state index is -1.15. The summed E-state index contributed by atoms with van der Waals surface area (Å²) in [7, 11) is 1.31. The Morgan fingerprint density at radius 1 is 1.21 bits per heavy atom. The first-order chi connectivity index (χ1) is 13.8. The number of ether oxygens (including phenoxy) is 1. The molecule has 1 N–H and O–H groups in total. The highest BCUT2D eigenvalue weighted by atomic mass is 19.1. The molecule has 1 atom stereocenters. The van der Waals surface area contributed by atoms with E-state index in [9.17, 15) is 23.9 Å². The zero-order valence-electron chi connectivity index (χ0n) is 15.8. The number of likely N-dealkylation sites (N-methyl/N-ethyl adjacent to an activating group) is 1. The Labute approximate surface area is 167 Å². The predicted molar refractivity (Wildman–Crippen MR) is 103 cm³/mol. The molecule has 2 aromatic carbocycles. The highest BCUT2D eigenvalue weighted by Crippen LogP contribution is 2.22. The van der Waals surface area contributed by atoms with Gasteiger partial charge in [-0.3, -0.25) is 9.59 Å². The van der Waals surface area contributed by atoms with Crippen LogP contribution in [0.15, 0.2) is 48.5 Å². The van der Waals surface area contributed by atoms with Gasteiger partial charge in [0.15, 0.2) is 0 Å². The lowest BCUT2D eigenvalue weighted by atomic mass is 10.1. The lowest BCUT2D eigenvalue weighted by Gasteiger charge is -2.26. The van der Waals surface area contributed by atoms with E-state index in [0.717, 1.165) is 28.7 Å². The van der Waals surface area contributed by atoms with Gasteiger partial charge in [-0.05, 0) is 36.1 Å². The van der Waals surface area contributed by atoms with E-state index >= 15 is 0 Å². The van der Waals surface area contributed by atoms with Crippen molar-refractivity contribution in [1.29, 1.82) is 0 Å². The van der Waals surface area contributed by atoms with Crippen molar-refractivity contribution in [3.05, 3.63) is 65.5 Å². The van der Waals surface area contributed by atoms with Gasteiger partial charge in [0.2, 0.25) is 5.78 Å². The molecule has 1 amide bonds. The average molecular weight is 397 g/mol. The number of carbonyl (C=O) groups is 3. The normalized spacial score (nSPS) is 11.2. The number of terminal acetylenes is 1. The van der Waals surface area contributed by atoms with E-state index < -0.39 is 35.3 Å². The lowest BCUT2D eigenvalue weighted by molar-refractivity contribution is -0.150. The molecule has 0 saturated carbocycles. The van der Waals surface area contributed by atoms with Crippen LogP contribution < -0.4 is 0 Å². The molecule has 0 radical (unpaired) electrons. The number of Topliss-reactive ketones (excluding diaryl/α,β-unsaturated/α-hetero) is 1. The van der Waals surface area contributed by atoms with Crippen molar-refractivity contribution in [2.45, 2.75) is 25.5 Å². The Morgan fingerprint density at radius 3 is 2.55 bits per heavy atom. The molecule has 0 aromatic heterocycles. The molecule has 150 valence electrons. The van der Waals surface area contributed by atoms with Crippen molar-refractivity contribution in [2.75, 3.05) is 7.05 Å². The van der Waals surface area contributed by atoms with Crippen LogP contribution in [-0.4, -0.2) is 40.8 Å². The maximum Gasteiger partial charge on any atom is 0.329 e. The average Bonchev–Trinajstić information content (AvgIpc) is 2.73. The van der Waals surface area contributed by atoms with Crippen LogP contribution in [-0.2, 0) is 20.9 Å². The molecule has 7 heteroatoms. The summed E-state index contributed by atoms with van der Waals surface area (Å²) >= 11 is 0. The lowest BCUT2D eigenvalue weighted by Crippen LogP contribution is -2.43. The van der Waals surface area contributed by atoms with Crippen molar-refractivity contribution >= 4 is 17.7 Å². The van der Waals surface area contributed by atoms with Gasteiger partial charge in [0.1, 0.15) is 24.2 Å². The molecule has 0 fully saturated rings. The van der Waals surface area contributed by atoms with E-state index in [-0.39, 0.29) is 25.0 Å². The fourth-order valence-corrected chi connectivity index (χ4v) is 2.65. The van der Waals surface area contributed by atoms with Gasteiger partial charge in [0, 0.05) is 13.5 Å².